The molecule has 0 bridgehead atoms. The number of aliphatic hydroxyl groups is 1. The number of halogens is 1. The molecule has 0 saturated heterocycles. The fourth-order valence-electron chi connectivity index (χ4n) is 1.73. The number of hydrogen-bond donors (Lipinski definition) is 3. The number of nitrogens with zero attached hydrogens (tertiary/aromatic N) is 1. The largest absolute Gasteiger partial charge is 0.386 e. The molecule has 0 aliphatic heterocycles. The molecule has 0 fully saturated rings. The Bertz CT molecular complexity index is 651. The van der Waals surface area contributed by atoms with Crippen LogP contribution in [0.5, 0.6) is 0 Å². The van der Waals surface area contributed by atoms with Crippen molar-refractivity contribution in [3.8, 4) is 0 Å². The predicted octanol–water partition coefficient (Wildman–Crippen LogP) is 2.20. The van der Waals surface area contributed by atoms with Crippen molar-refractivity contribution in [3.63, 3.8) is 0 Å². The second-order valence-electron chi connectivity index (χ2n) is 6.24. The Morgan fingerprint density at radius 3 is 2.54 bits per heavy atom. The molecule has 0 aliphatic rings. The van der Waals surface area contributed by atoms with Gasteiger partial charge in [0.25, 0.3) is 0 Å². The number of aliphatic hydroxyl groups excluding tert-OH is 1. The van der Waals surface area contributed by atoms with Crippen LogP contribution in [0.25, 0.3) is 0 Å². The SMILES string of the molecule is CCNC(=NCC(O)c1ccc(Cl)s1)NCCS(=O)(=O)C(C)(C)C. The molecule has 6 nitrogen and oxygen atoms in total. The lowest BCUT2D eigenvalue weighted by atomic mass is 10.3. The van der Waals surface area contributed by atoms with Crippen molar-refractivity contribution in [3.05, 3.63) is 21.3 Å². The topological polar surface area (TPSA) is 90.8 Å². The van der Waals surface area contributed by atoms with Crippen LogP contribution in [0.15, 0.2) is 17.1 Å². The first-order valence-electron chi connectivity index (χ1n) is 7.74. The quantitative estimate of drug-likeness (QED) is 0.486. The van der Waals surface area contributed by atoms with Crippen LogP contribution in [0.3, 0.4) is 0 Å². The first kappa shape index (κ1) is 21.2. The van der Waals surface area contributed by atoms with E-state index < -0.39 is 20.7 Å². The Balaban J connectivity index is 2.60. The highest BCUT2D eigenvalue weighted by Crippen LogP contribution is 2.26. The van der Waals surface area contributed by atoms with E-state index in [4.69, 9.17) is 11.6 Å². The molecule has 0 aliphatic carbocycles. The number of nitrogens with one attached hydrogen (secondary N) is 2. The van der Waals surface area contributed by atoms with Gasteiger partial charge in [-0.15, -0.1) is 11.3 Å². The second kappa shape index (κ2) is 9.03. The highest BCUT2D eigenvalue weighted by molar-refractivity contribution is 7.92. The zero-order chi connectivity index (χ0) is 18.4. The van der Waals surface area contributed by atoms with Crippen molar-refractivity contribution >= 4 is 38.7 Å². The van der Waals surface area contributed by atoms with Gasteiger partial charge in [-0.25, -0.2) is 8.42 Å². The zero-order valence-electron chi connectivity index (χ0n) is 14.5. The van der Waals surface area contributed by atoms with Crippen molar-refractivity contribution in [2.24, 2.45) is 4.99 Å². The van der Waals surface area contributed by atoms with Crippen LogP contribution in [0.1, 0.15) is 38.7 Å². The van der Waals surface area contributed by atoms with Crippen molar-refractivity contribution in [2.75, 3.05) is 25.4 Å². The van der Waals surface area contributed by atoms with Gasteiger partial charge in [-0.2, -0.15) is 0 Å². The molecule has 24 heavy (non-hydrogen) atoms. The van der Waals surface area contributed by atoms with Gasteiger partial charge in [-0.3, -0.25) is 4.99 Å². The van der Waals surface area contributed by atoms with E-state index in [2.05, 4.69) is 15.6 Å². The summed E-state index contributed by atoms with van der Waals surface area (Å²) in [6.07, 6.45) is -0.740. The number of sulfone groups is 1. The highest BCUT2D eigenvalue weighted by atomic mass is 35.5. The van der Waals surface area contributed by atoms with Crippen LogP contribution in [-0.2, 0) is 9.84 Å². The summed E-state index contributed by atoms with van der Waals surface area (Å²) >= 11 is 7.17. The molecule has 0 saturated carbocycles. The van der Waals surface area contributed by atoms with E-state index in [1.54, 1.807) is 32.9 Å². The molecule has 0 amide bonds. The molecule has 1 atom stereocenters. The first-order valence-corrected chi connectivity index (χ1v) is 10.6. The van der Waals surface area contributed by atoms with E-state index in [1.165, 1.54) is 11.3 Å². The minimum Gasteiger partial charge on any atom is -0.386 e. The minimum absolute atomic E-state index is 0.0179. The lowest BCUT2D eigenvalue weighted by molar-refractivity contribution is 0.191. The first-order chi connectivity index (χ1) is 11.1. The van der Waals surface area contributed by atoms with Gasteiger partial charge in [-0.1, -0.05) is 11.6 Å². The molecule has 1 rings (SSSR count). The van der Waals surface area contributed by atoms with E-state index in [0.29, 0.717) is 16.8 Å². The molecule has 1 heterocycles. The number of rotatable bonds is 7. The Labute approximate surface area is 153 Å². The van der Waals surface area contributed by atoms with Crippen molar-refractivity contribution < 1.29 is 13.5 Å². The standard InChI is InChI=1S/C15H26ClN3O3S2/c1-5-17-14(18-8-9-24(21,22)15(2,3)4)19-10-11(20)12-6-7-13(16)23-12/h6-7,11,20H,5,8-10H2,1-4H3,(H2,17,18,19). The van der Waals surface area contributed by atoms with Gasteiger partial charge in [0.15, 0.2) is 15.8 Å². The van der Waals surface area contributed by atoms with E-state index in [9.17, 15) is 13.5 Å². The Kier molecular flexibility index (Phi) is 7.98. The van der Waals surface area contributed by atoms with E-state index in [0.717, 1.165) is 4.88 Å². The van der Waals surface area contributed by atoms with Crippen LogP contribution in [0.4, 0.5) is 0 Å². The Morgan fingerprint density at radius 1 is 1.38 bits per heavy atom. The smallest absolute Gasteiger partial charge is 0.191 e. The molecule has 0 radical (unpaired) electrons. The average molecular weight is 396 g/mol. The maximum absolute atomic E-state index is 12.1. The van der Waals surface area contributed by atoms with Gasteiger partial charge in [-0.05, 0) is 39.8 Å². The summed E-state index contributed by atoms with van der Waals surface area (Å²) in [5.41, 5.74) is 0. The van der Waals surface area contributed by atoms with Gasteiger partial charge in [0.05, 0.1) is 21.4 Å². The van der Waals surface area contributed by atoms with Crippen molar-refractivity contribution in [1.82, 2.24) is 10.6 Å². The molecule has 3 N–H and O–H groups in total. The summed E-state index contributed by atoms with van der Waals surface area (Å²) < 4.78 is 24.0. The van der Waals surface area contributed by atoms with Gasteiger partial charge in [0.1, 0.15) is 6.10 Å². The average Bonchev–Trinajstić information content (AvgIpc) is 2.89. The Hall–Kier alpha value is -0.830. The summed E-state index contributed by atoms with van der Waals surface area (Å²) in [6.45, 7) is 8.03. The molecule has 0 spiro atoms. The monoisotopic (exact) mass is 395 g/mol. The van der Waals surface area contributed by atoms with Gasteiger partial charge >= 0.3 is 0 Å². The van der Waals surface area contributed by atoms with Gasteiger partial charge in [0, 0.05) is 18.0 Å². The third-order valence-electron chi connectivity index (χ3n) is 3.29. The summed E-state index contributed by atoms with van der Waals surface area (Å²) in [6, 6.07) is 3.50. The molecule has 9 heteroatoms. The molecule has 1 aromatic heterocycles. The third kappa shape index (κ3) is 6.58. The zero-order valence-corrected chi connectivity index (χ0v) is 16.9. The second-order valence-corrected chi connectivity index (χ2v) is 10.8. The molecule has 138 valence electrons. The maximum atomic E-state index is 12.1. The third-order valence-corrected chi connectivity index (χ3v) is 7.23. The predicted molar refractivity (Wildman–Crippen MR) is 102 cm³/mol. The highest BCUT2D eigenvalue weighted by Gasteiger charge is 2.28. The maximum Gasteiger partial charge on any atom is 0.191 e. The van der Waals surface area contributed by atoms with Gasteiger partial charge in [0.2, 0.25) is 0 Å². The Morgan fingerprint density at radius 2 is 2.04 bits per heavy atom. The summed E-state index contributed by atoms with van der Waals surface area (Å²) in [7, 11) is -3.19. The van der Waals surface area contributed by atoms with Crippen LogP contribution < -0.4 is 10.6 Å². The number of hydrogen-bond acceptors (Lipinski definition) is 5. The number of guanidine groups is 1. The fourth-order valence-corrected chi connectivity index (χ4v) is 3.75. The molecular weight excluding hydrogens is 370 g/mol. The van der Waals surface area contributed by atoms with Gasteiger partial charge < -0.3 is 15.7 Å². The van der Waals surface area contributed by atoms with E-state index >= 15 is 0 Å². The molecule has 1 unspecified atom stereocenters. The number of aliphatic imine (C=N–C) groups is 1. The van der Waals surface area contributed by atoms with Crippen LogP contribution in [-0.4, -0.2) is 49.6 Å². The normalized spacial score (nSPS) is 14.5. The van der Waals surface area contributed by atoms with Crippen LogP contribution >= 0.6 is 22.9 Å². The molecular formula is C15H26ClN3O3S2. The molecule has 0 aromatic carbocycles. The van der Waals surface area contributed by atoms with E-state index in [1.807, 2.05) is 6.92 Å². The van der Waals surface area contributed by atoms with Crippen molar-refractivity contribution in [1.29, 1.82) is 0 Å². The van der Waals surface area contributed by atoms with Crippen LogP contribution in [0, 0.1) is 0 Å². The summed E-state index contributed by atoms with van der Waals surface area (Å²) in [5.74, 6) is 0.493. The lowest BCUT2D eigenvalue weighted by Gasteiger charge is -2.20. The minimum atomic E-state index is -3.19. The van der Waals surface area contributed by atoms with E-state index in [-0.39, 0.29) is 18.8 Å². The number of thiophene rings is 1. The molecule has 1 aromatic rings. The summed E-state index contributed by atoms with van der Waals surface area (Å²) in [5, 5.41) is 16.1. The lowest BCUT2D eigenvalue weighted by Crippen LogP contribution is -2.42. The van der Waals surface area contributed by atoms with Crippen LogP contribution in [0.2, 0.25) is 4.34 Å². The van der Waals surface area contributed by atoms with Crippen molar-refractivity contribution in [2.45, 2.75) is 38.5 Å². The fraction of sp³-hybridized carbons (Fsp3) is 0.667. The summed E-state index contributed by atoms with van der Waals surface area (Å²) in [4.78, 5) is 5.04.